The number of nitrogens with one attached hydrogen (secondary N) is 2. The molecule has 0 radical (unpaired) electrons. The van der Waals surface area contributed by atoms with Gasteiger partial charge in [0.25, 0.3) is 5.24 Å². The van der Waals surface area contributed by atoms with Gasteiger partial charge in [-0.15, -0.1) is 0 Å². The highest BCUT2D eigenvalue weighted by molar-refractivity contribution is 8.15. The summed E-state index contributed by atoms with van der Waals surface area (Å²) in [7, 11) is 1.56. The number of carbonyl (C=O) groups is 3. The third-order valence-corrected chi connectivity index (χ3v) is 6.00. The number of phenols is 1. The fourth-order valence-electron chi connectivity index (χ4n) is 3.51. The highest BCUT2D eigenvalue weighted by atomic mass is 32.2. The van der Waals surface area contributed by atoms with Gasteiger partial charge in [-0.1, -0.05) is 42.1 Å². The number of fused-ring (bicyclic) bond motifs is 1. The van der Waals surface area contributed by atoms with E-state index in [-0.39, 0.29) is 34.9 Å². The zero-order valence-corrected chi connectivity index (χ0v) is 17.5. The van der Waals surface area contributed by atoms with Gasteiger partial charge in [0.15, 0.2) is 0 Å². The standard InChI is InChI=1S/C23H20N2O5S/c1-30-19-11-15-5-3-2-4-14(15)10-16(19)12-21(27)24-17-8-13(6-7-18(17)26)9-20-22(28)25-23(29)31-20/h2-8,10-11,20,26H,9,12H2,1H3,(H,24,27)(H,25,28,29). The van der Waals surface area contributed by atoms with E-state index < -0.39 is 5.25 Å². The van der Waals surface area contributed by atoms with E-state index in [1.807, 2.05) is 36.4 Å². The van der Waals surface area contributed by atoms with Crippen molar-refractivity contribution in [3.8, 4) is 11.5 Å². The van der Waals surface area contributed by atoms with Crippen molar-refractivity contribution in [3.63, 3.8) is 0 Å². The van der Waals surface area contributed by atoms with Gasteiger partial charge in [-0.05, 0) is 47.0 Å². The first-order chi connectivity index (χ1) is 14.9. The molecule has 1 atom stereocenters. The first-order valence-corrected chi connectivity index (χ1v) is 10.5. The number of hydrogen-bond acceptors (Lipinski definition) is 6. The van der Waals surface area contributed by atoms with E-state index >= 15 is 0 Å². The molecule has 158 valence electrons. The summed E-state index contributed by atoms with van der Waals surface area (Å²) in [5, 5.41) is 16.3. The molecule has 1 aliphatic rings. The number of imide groups is 1. The average Bonchev–Trinajstić information content (AvgIpc) is 3.06. The number of methoxy groups -OCH3 is 1. The Bertz CT molecular complexity index is 1190. The lowest BCUT2D eigenvalue weighted by Gasteiger charge is -2.13. The Hall–Kier alpha value is -3.52. The van der Waals surface area contributed by atoms with Crippen LogP contribution in [0.4, 0.5) is 10.5 Å². The predicted molar refractivity (Wildman–Crippen MR) is 120 cm³/mol. The number of thioether (sulfide) groups is 1. The number of benzene rings is 3. The molecular weight excluding hydrogens is 416 g/mol. The molecule has 3 aromatic carbocycles. The number of amides is 3. The molecule has 3 aromatic rings. The smallest absolute Gasteiger partial charge is 0.286 e. The first kappa shape index (κ1) is 20.7. The maximum absolute atomic E-state index is 12.7. The fourth-order valence-corrected chi connectivity index (χ4v) is 4.37. The molecule has 0 saturated carbocycles. The molecule has 0 aliphatic carbocycles. The molecule has 0 spiro atoms. The van der Waals surface area contributed by atoms with Gasteiger partial charge in [-0.2, -0.15) is 0 Å². The summed E-state index contributed by atoms with van der Waals surface area (Å²) in [6, 6.07) is 16.3. The molecule has 0 bridgehead atoms. The molecule has 3 N–H and O–H groups in total. The highest BCUT2D eigenvalue weighted by Crippen LogP contribution is 2.30. The van der Waals surface area contributed by atoms with Crippen molar-refractivity contribution in [3.05, 3.63) is 65.7 Å². The molecule has 1 aliphatic heterocycles. The Morgan fingerprint density at radius 3 is 2.55 bits per heavy atom. The van der Waals surface area contributed by atoms with E-state index in [2.05, 4.69) is 10.6 Å². The van der Waals surface area contributed by atoms with Crippen LogP contribution in [0, 0.1) is 0 Å². The van der Waals surface area contributed by atoms with Gasteiger partial charge in [0.1, 0.15) is 11.5 Å². The summed E-state index contributed by atoms with van der Waals surface area (Å²) in [4.78, 5) is 35.8. The predicted octanol–water partition coefficient (Wildman–Crippen LogP) is 3.63. The van der Waals surface area contributed by atoms with E-state index in [4.69, 9.17) is 4.74 Å². The summed E-state index contributed by atoms with van der Waals surface area (Å²) in [6.07, 6.45) is 0.372. The molecule has 3 amide bonds. The minimum Gasteiger partial charge on any atom is -0.506 e. The van der Waals surface area contributed by atoms with Crippen molar-refractivity contribution in [1.82, 2.24) is 5.32 Å². The molecule has 1 fully saturated rings. The molecule has 7 nitrogen and oxygen atoms in total. The van der Waals surface area contributed by atoms with Crippen LogP contribution in [0.3, 0.4) is 0 Å². The molecule has 4 rings (SSSR count). The molecule has 31 heavy (non-hydrogen) atoms. The third kappa shape index (κ3) is 4.64. The number of ether oxygens (including phenoxy) is 1. The number of rotatable bonds is 6. The summed E-state index contributed by atoms with van der Waals surface area (Å²) >= 11 is 0.936. The minimum atomic E-state index is -0.526. The number of aromatic hydroxyl groups is 1. The van der Waals surface area contributed by atoms with E-state index in [9.17, 15) is 19.5 Å². The van der Waals surface area contributed by atoms with E-state index in [1.54, 1.807) is 19.2 Å². The monoisotopic (exact) mass is 436 g/mol. The summed E-state index contributed by atoms with van der Waals surface area (Å²) in [5.74, 6) is -0.121. The van der Waals surface area contributed by atoms with Crippen molar-refractivity contribution in [2.75, 3.05) is 12.4 Å². The van der Waals surface area contributed by atoms with Crippen LogP contribution >= 0.6 is 11.8 Å². The SMILES string of the molecule is COc1cc2ccccc2cc1CC(=O)Nc1cc(CC2SC(=O)NC2=O)ccc1O. The summed E-state index contributed by atoms with van der Waals surface area (Å²) in [5.41, 5.74) is 1.70. The maximum Gasteiger partial charge on any atom is 0.286 e. The Balaban J connectivity index is 1.50. The lowest BCUT2D eigenvalue weighted by atomic mass is 10.0. The van der Waals surface area contributed by atoms with Crippen LogP contribution in [0.2, 0.25) is 0 Å². The normalized spacial score (nSPS) is 15.7. The van der Waals surface area contributed by atoms with Crippen LogP contribution in [0.5, 0.6) is 11.5 Å². The second-order valence-electron chi connectivity index (χ2n) is 7.17. The fraction of sp³-hybridized carbons (Fsp3) is 0.174. The van der Waals surface area contributed by atoms with Crippen molar-refractivity contribution in [2.24, 2.45) is 0 Å². The van der Waals surface area contributed by atoms with Gasteiger partial charge in [0, 0.05) is 5.56 Å². The van der Waals surface area contributed by atoms with Gasteiger partial charge in [-0.25, -0.2) is 0 Å². The lowest BCUT2D eigenvalue weighted by Crippen LogP contribution is -2.25. The van der Waals surface area contributed by atoms with Crippen molar-refractivity contribution < 1.29 is 24.2 Å². The Morgan fingerprint density at radius 1 is 1.13 bits per heavy atom. The van der Waals surface area contributed by atoms with Crippen molar-refractivity contribution in [2.45, 2.75) is 18.1 Å². The molecular formula is C23H20N2O5S. The van der Waals surface area contributed by atoms with E-state index in [0.717, 1.165) is 33.7 Å². The van der Waals surface area contributed by atoms with E-state index in [1.165, 1.54) is 6.07 Å². The largest absolute Gasteiger partial charge is 0.506 e. The van der Waals surface area contributed by atoms with Crippen molar-refractivity contribution >= 4 is 45.3 Å². The molecule has 1 heterocycles. The summed E-state index contributed by atoms with van der Waals surface area (Å²) in [6.45, 7) is 0. The van der Waals surface area contributed by atoms with Gasteiger partial charge < -0.3 is 15.2 Å². The number of phenolic OH excluding ortho intramolecular Hbond substituents is 1. The van der Waals surface area contributed by atoms with Crippen LogP contribution in [-0.4, -0.2) is 34.5 Å². The van der Waals surface area contributed by atoms with E-state index in [0.29, 0.717) is 12.2 Å². The number of carbonyl (C=O) groups excluding carboxylic acids is 3. The van der Waals surface area contributed by atoms with Crippen LogP contribution in [0.15, 0.2) is 54.6 Å². The van der Waals surface area contributed by atoms with Gasteiger partial charge >= 0.3 is 0 Å². The number of hydrogen-bond donors (Lipinski definition) is 3. The third-order valence-electron chi connectivity index (χ3n) is 5.02. The molecule has 1 saturated heterocycles. The zero-order chi connectivity index (χ0) is 22.0. The summed E-state index contributed by atoms with van der Waals surface area (Å²) < 4.78 is 5.44. The minimum absolute atomic E-state index is 0.0626. The number of anilines is 1. The lowest BCUT2D eigenvalue weighted by molar-refractivity contribution is -0.119. The maximum atomic E-state index is 12.7. The van der Waals surface area contributed by atoms with Crippen LogP contribution < -0.4 is 15.4 Å². The zero-order valence-electron chi connectivity index (χ0n) is 16.7. The second kappa shape index (κ2) is 8.69. The quantitative estimate of drug-likeness (QED) is 0.510. The molecule has 1 unspecified atom stereocenters. The first-order valence-electron chi connectivity index (χ1n) is 9.62. The molecule has 8 heteroatoms. The van der Waals surface area contributed by atoms with Gasteiger partial charge in [-0.3, -0.25) is 19.7 Å². The van der Waals surface area contributed by atoms with Crippen LogP contribution in [-0.2, 0) is 22.4 Å². The Kier molecular flexibility index (Phi) is 5.81. The second-order valence-corrected chi connectivity index (χ2v) is 8.35. The Labute approximate surface area is 182 Å². The van der Waals surface area contributed by atoms with Gasteiger partial charge in [0.05, 0.1) is 24.5 Å². The average molecular weight is 436 g/mol. The Morgan fingerprint density at radius 2 is 1.87 bits per heavy atom. The van der Waals surface area contributed by atoms with Gasteiger partial charge in [0.2, 0.25) is 11.8 Å². The van der Waals surface area contributed by atoms with Crippen LogP contribution in [0.1, 0.15) is 11.1 Å². The molecule has 0 aromatic heterocycles. The highest BCUT2D eigenvalue weighted by Gasteiger charge is 2.31. The van der Waals surface area contributed by atoms with Crippen LogP contribution in [0.25, 0.3) is 10.8 Å². The topological polar surface area (TPSA) is 105 Å². The van der Waals surface area contributed by atoms with Crippen molar-refractivity contribution in [1.29, 1.82) is 0 Å².